The summed E-state index contributed by atoms with van der Waals surface area (Å²) in [7, 11) is 1.67. The minimum atomic E-state index is 0.143. The molecule has 3 heteroatoms. The maximum absolute atomic E-state index is 6.25. The number of nitrogens with two attached hydrogens (primary N) is 1. The number of hydrogen-bond acceptors (Lipinski definition) is 2. The molecule has 1 aromatic rings. The van der Waals surface area contributed by atoms with E-state index < -0.39 is 0 Å². The first-order valence-corrected chi connectivity index (χ1v) is 6.49. The third kappa shape index (κ3) is 3.62. The summed E-state index contributed by atoms with van der Waals surface area (Å²) in [5.41, 5.74) is 8.19. The van der Waals surface area contributed by atoms with Crippen molar-refractivity contribution in [2.45, 2.75) is 45.6 Å². The Balaban J connectivity index is 3.18. The Morgan fingerprint density at radius 3 is 2.47 bits per heavy atom. The van der Waals surface area contributed by atoms with Gasteiger partial charge in [0.1, 0.15) is 5.75 Å². The van der Waals surface area contributed by atoms with Gasteiger partial charge < -0.3 is 10.5 Å². The molecular formula is C14H22ClNO. The lowest BCUT2D eigenvalue weighted by molar-refractivity contribution is 0.406. The molecule has 0 fully saturated rings. The van der Waals surface area contributed by atoms with E-state index in [-0.39, 0.29) is 6.04 Å². The van der Waals surface area contributed by atoms with Crippen molar-refractivity contribution in [1.29, 1.82) is 0 Å². The van der Waals surface area contributed by atoms with Crippen LogP contribution < -0.4 is 10.5 Å². The van der Waals surface area contributed by atoms with Crippen LogP contribution in [0.4, 0.5) is 0 Å². The third-order valence-corrected chi connectivity index (χ3v) is 3.32. The molecule has 0 saturated carbocycles. The summed E-state index contributed by atoms with van der Waals surface area (Å²) in [6.07, 6.45) is 1.90. The lowest BCUT2D eigenvalue weighted by Crippen LogP contribution is -2.18. The molecule has 2 unspecified atom stereocenters. The van der Waals surface area contributed by atoms with Crippen LogP contribution in [0.5, 0.6) is 5.75 Å². The predicted molar refractivity (Wildman–Crippen MR) is 74.1 cm³/mol. The van der Waals surface area contributed by atoms with Crippen LogP contribution in [-0.2, 0) is 6.42 Å². The van der Waals surface area contributed by atoms with E-state index in [2.05, 4.69) is 19.9 Å². The van der Waals surface area contributed by atoms with Crippen molar-refractivity contribution >= 4 is 11.6 Å². The normalized spacial score (nSPS) is 14.5. The van der Waals surface area contributed by atoms with Crippen LogP contribution in [0.2, 0.25) is 5.02 Å². The first-order chi connectivity index (χ1) is 7.99. The maximum atomic E-state index is 6.25. The number of benzene rings is 1. The molecule has 0 spiro atoms. The molecule has 2 N–H and O–H groups in total. The molecule has 0 saturated heterocycles. The minimum absolute atomic E-state index is 0.143. The smallest absolute Gasteiger partial charge is 0.140 e. The molecule has 0 aliphatic carbocycles. The standard InChI is InChI=1S/C14H22ClNO/c1-5-9(2)12-7-11(6-10(3)16)8-13(15)14(12)17-4/h7-10H,5-6,16H2,1-4H3. The average Bonchev–Trinajstić information content (AvgIpc) is 2.26. The maximum Gasteiger partial charge on any atom is 0.140 e. The Morgan fingerprint density at radius 2 is 2.00 bits per heavy atom. The van der Waals surface area contributed by atoms with Crippen LogP contribution in [0.15, 0.2) is 12.1 Å². The van der Waals surface area contributed by atoms with Gasteiger partial charge in [0.2, 0.25) is 0 Å². The second kappa shape index (κ2) is 6.27. The van der Waals surface area contributed by atoms with Crippen molar-refractivity contribution in [3.63, 3.8) is 0 Å². The SMILES string of the molecule is CCC(C)c1cc(CC(C)N)cc(Cl)c1OC. The first kappa shape index (κ1) is 14.3. The molecule has 2 nitrogen and oxygen atoms in total. The molecule has 1 aromatic carbocycles. The summed E-state index contributed by atoms with van der Waals surface area (Å²) in [4.78, 5) is 0. The molecule has 1 rings (SSSR count). The molecule has 0 radical (unpaired) electrons. The Morgan fingerprint density at radius 1 is 1.35 bits per heavy atom. The topological polar surface area (TPSA) is 35.2 Å². The van der Waals surface area contributed by atoms with Crippen molar-refractivity contribution in [3.05, 3.63) is 28.3 Å². The third-order valence-electron chi connectivity index (χ3n) is 3.04. The van der Waals surface area contributed by atoms with Crippen LogP contribution in [0, 0.1) is 0 Å². The highest BCUT2D eigenvalue weighted by molar-refractivity contribution is 6.32. The van der Waals surface area contributed by atoms with E-state index in [9.17, 15) is 0 Å². The minimum Gasteiger partial charge on any atom is -0.495 e. The Hall–Kier alpha value is -0.730. The van der Waals surface area contributed by atoms with Crippen molar-refractivity contribution in [1.82, 2.24) is 0 Å². The van der Waals surface area contributed by atoms with Gasteiger partial charge in [0.25, 0.3) is 0 Å². The zero-order chi connectivity index (χ0) is 13.0. The van der Waals surface area contributed by atoms with Crippen LogP contribution in [0.3, 0.4) is 0 Å². The number of ether oxygens (including phenoxy) is 1. The fourth-order valence-electron chi connectivity index (χ4n) is 1.96. The zero-order valence-corrected chi connectivity index (χ0v) is 11.8. The molecule has 17 heavy (non-hydrogen) atoms. The summed E-state index contributed by atoms with van der Waals surface area (Å²) < 4.78 is 5.40. The summed E-state index contributed by atoms with van der Waals surface area (Å²) in [6, 6.07) is 4.27. The van der Waals surface area contributed by atoms with E-state index in [4.69, 9.17) is 22.1 Å². The molecule has 0 heterocycles. The number of rotatable bonds is 5. The quantitative estimate of drug-likeness (QED) is 0.870. The van der Waals surface area contributed by atoms with Gasteiger partial charge in [-0.05, 0) is 42.9 Å². The van der Waals surface area contributed by atoms with Crippen molar-refractivity contribution < 1.29 is 4.74 Å². The Labute approximate surface area is 109 Å². The molecule has 2 atom stereocenters. The van der Waals surface area contributed by atoms with Gasteiger partial charge in [-0.15, -0.1) is 0 Å². The monoisotopic (exact) mass is 255 g/mol. The van der Waals surface area contributed by atoms with E-state index >= 15 is 0 Å². The average molecular weight is 256 g/mol. The van der Waals surface area contributed by atoms with Crippen molar-refractivity contribution in [2.24, 2.45) is 5.73 Å². The molecule has 0 aromatic heterocycles. The zero-order valence-electron chi connectivity index (χ0n) is 11.1. The van der Waals surface area contributed by atoms with E-state index in [1.165, 1.54) is 11.1 Å². The van der Waals surface area contributed by atoms with Gasteiger partial charge in [0.15, 0.2) is 0 Å². The van der Waals surface area contributed by atoms with Crippen LogP contribution in [0.1, 0.15) is 44.2 Å². The van der Waals surface area contributed by atoms with Gasteiger partial charge in [-0.25, -0.2) is 0 Å². The molecular weight excluding hydrogens is 234 g/mol. The molecule has 0 amide bonds. The Bertz CT molecular complexity index is 377. The Kier molecular flexibility index (Phi) is 5.29. The molecule has 0 aliphatic heterocycles. The predicted octanol–water partition coefficient (Wildman–Crippen LogP) is 3.75. The fourth-order valence-corrected chi connectivity index (χ4v) is 2.29. The summed E-state index contributed by atoms with van der Waals surface area (Å²) in [5, 5.41) is 0.681. The molecule has 96 valence electrons. The van der Waals surface area contributed by atoms with Gasteiger partial charge in [-0.3, -0.25) is 0 Å². The second-order valence-electron chi connectivity index (χ2n) is 4.69. The number of halogens is 1. The second-order valence-corrected chi connectivity index (χ2v) is 5.10. The highest BCUT2D eigenvalue weighted by atomic mass is 35.5. The van der Waals surface area contributed by atoms with Crippen LogP contribution >= 0.6 is 11.6 Å². The van der Waals surface area contributed by atoms with Crippen molar-refractivity contribution in [3.8, 4) is 5.75 Å². The van der Waals surface area contributed by atoms with Crippen LogP contribution in [-0.4, -0.2) is 13.2 Å². The lowest BCUT2D eigenvalue weighted by Gasteiger charge is -2.18. The van der Waals surface area contributed by atoms with Gasteiger partial charge >= 0.3 is 0 Å². The van der Waals surface area contributed by atoms with Gasteiger partial charge in [0.05, 0.1) is 12.1 Å². The van der Waals surface area contributed by atoms with Gasteiger partial charge in [-0.2, -0.15) is 0 Å². The van der Waals surface area contributed by atoms with E-state index in [1.54, 1.807) is 7.11 Å². The molecule has 0 bridgehead atoms. The number of methoxy groups -OCH3 is 1. The fraction of sp³-hybridized carbons (Fsp3) is 0.571. The van der Waals surface area contributed by atoms with E-state index in [0.29, 0.717) is 10.9 Å². The lowest BCUT2D eigenvalue weighted by atomic mass is 9.94. The van der Waals surface area contributed by atoms with E-state index in [1.807, 2.05) is 13.0 Å². The van der Waals surface area contributed by atoms with Crippen LogP contribution in [0.25, 0.3) is 0 Å². The molecule has 0 aliphatic rings. The number of hydrogen-bond donors (Lipinski definition) is 1. The largest absolute Gasteiger partial charge is 0.495 e. The highest BCUT2D eigenvalue weighted by Crippen LogP contribution is 2.36. The van der Waals surface area contributed by atoms with Gasteiger partial charge in [-0.1, -0.05) is 31.5 Å². The summed E-state index contributed by atoms with van der Waals surface area (Å²) >= 11 is 6.25. The van der Waals surface area contributed by atoms with E-state index in [0.717, 1.165) is 18.6 Å². The highest BCUT2D eigenvalue weighted by Gasteiger charge is 2.15. The van der Waals surface area contributed by atoms with Crippen molar-refractivity contribution in [2.75, 3.05) is 7.11 Å². The summed E-state index contributed by atoms with van der Waals surface area (Å²) in [6.45, 7) is 6.35. The summed E-state index contributed by atoms with van der Waals surface area (Å²) in [5.74, 6) is 1.24. The first-order valence-electron chi connectivity index (χ1n) is 6.11. The van der Waals surface area contributed by atoms with Gasteiger partial charge in [0, 0.05) is 6.04 Å².